The summed E-state index contributed by atoms with van der Waals surface area (Å²) in [6.45, 7) is 3.63. The van der Waals surface area contributed by atoms with Crippen LogP contribution in [0.5, 0.6) is 0 Å². The molecule has 7 heteroatoms. The number of carbonyl (C=O) groups excluding carboxylic acids is 1. The molecule has 4 rings (SSSR count). The molecule has 1 aliphatic heterocycles. The molecule has 3 aromatic rings. The fourth-order valence-electron chi connectivity index (χ4n) is 3.47. The van der Waals surface area contributed by atoms with Gasteiger partial charge in [-0.1, -0.05) is 35.9 Å². The molecule has 0 saturated carbocycles. The van der Waals surface area contributed by atoms with Crippen LogP contribution in [0.25, 0.3) is 10.9 Å². The molecule has 1 aromatic heterocycles. The molecule has 0 bridgehead atoms. The first kappa shape index (κ1) is 18.7. The second-order valence-corrected chi connectivity index (χ2v) is 7.44. The summed E-state index contributed by atoms with van der Waals surface area (Å²) in [6, 6.07) is 15.2. The van der Waals surface area contributed by atoms with Gasteiger partial charge in [0.15, 0.2) is 0 Å². The molecule has 0 aliphatic carbocycles. The summed E-state index contributed by atoms with van der Waals surface area (Å²) >= 11 is 5.90. The number of hydrogen-bond acceptors (Lipinski definition) is 5. The smallest absolute Gasteiger partial charge is 0.227 e. The molecule has 28 heavy (non-hydrogen) atoms. The van der Waals surface area contributed by atoms with Crippen molar-refractivity contribution in [2.24, 2.45) is 0 Å². The zero-order valence-corrected chi connectivity index (χ0v) is 16.3. The molecule has 1 saturated heterocycles. The molecule has 0 unspecified atom stereocenters. The quantitative estimate of drug-likeness (QED) is 0.735. The van der Waals surface area contributed by atoms with Gasteiger partial charge in [-0.2, -0.15) is 0 Å². The zero-order valence-electron chi connectivity index (χ0n) is 15.5. The topological polar surface area (TPSA) is 75.3 Å². The number of anilines is 1. The Morgan fingerprint density at radius 1 is 1.00 bits per heavy atom. The maximum Gasteiger partial charge on any atom is 0.227 e. The van der Waals surface area contributed by atoms with Gasteiger partial charge in [-0.15, -0.1) is 0 Å². The van der Waals surface area contributed by atoms with Crippen LogP contribution in [-0.4, -0.2) is 51.9 Å². The Balaban J connectivity index is 1.34. The normalized spacial score (nSPS) is 15.1. The van der Waals surface area contributed by atoms with Crippen molar-refractivity contribution >= 4 is 34.2 Å². The fourth-order valence-corrected chi connectivity index (χ4v) is 3.59. The van der Waals surface area contributed by atoms with Crippen molar-refractivity contribution in [1.82, 2.24) is 19.8 Å². The van der Waals surface area contributed by atoms with Crippen LogP contribution >= 0.6 is 11.6 Å². The number of benzene rings is 2. The van der Waals surface area contributed by atoms with Crippen LogP contribution < -0.4 is 5.73 Å². The lowest BCUT2D eigenvalue weighted by molar-refractivity contribution is -0.132. The third-order valence-corrected chi connectivity index (χ3v) is 5.29. The van der Waals surface area contributed by atoms with Crippen molar-refractivity contribution in [3.8, 4) is 0 Å². The van der Waals surface area contributed by atoms with Gasteiger partial charge >= 0.3 is 0 Å². The first-order valence-electron chi connectivity index (χ1n) is 9.34. The lowest BCUT2D eigenvalue weighted by Crippen LogP contribution is -2.48. The van der Waals surface area contributed by atoms with Crippen molar-refractivity contribution in [1.29, 1.82) is 0 Å². The van der Waals surface area contributed by atoms with Gasteiger partial charge in [-0.3, -0.25) is 9.69 Å². The third kappa shape index (κ3) is 4.24. The van der Waals surface area contributed by atoms with E-state index in [1.54, 1.807) is 0 Å². The minimum absolute atomic E-state index is 0.146. The van der Waals surface area contributed by atoms with E-state index in [4.69, 9.17) is 17.3 Å². The van der Waals surface area contributed by atoms with Crippen LogP contribution in [0.2, 0.25) is 5.02 Å². The number of halogens is 1. The lowest BCUT2D eigenvalue weighted by Gasteiger charge is -2.34. The predicted molar refractivity (Wildman–Crippen MR) is 111 cm³/mol. The number of hydrogen-bond donors (Lipinski definition) is 1. The van der Waals surface area contributed by atoms with Crippen LogP contribution in [0.4, 0.5) is 5.82 Å². The summed E-state index contributed by atoms with van der Waals surface area (Å²) in [5, 5.41) is 1.56. The highest BCUT2D eigenvalue weighted by molar-refractivity contribution is 6.30. The average molecular weight is 396 g/mol. The fraction of sp³-hybridized carbons (Fsp3) is 0.286. The standard InChI is InChI=1S/C21H22ClN5O/c22-16-7-5-15(6-8-16)13-20(28)27-11-9-26(10-12-27)14-19-24-18-4-2-1-3-17(18)21(23)25-19/h1-8H,9-14H2,(H2,23,24,25). The first-order chi connectivity index (χ1) is 13.6. The van der Waals surface area contributed by atoms with Crippen LogP contribution in [0.15, 0.2) is 48.5 Å². The Morgan fingerprint density at radius 2 is 1.71 bits per heavy atom. The minimum Gasteiger partial charge on any atom is -0.383 e. The number of nitrogen functional groups attached to an aromatic ring is 1. The van der Waals surface area contributed by atoms with E-state index < -0.39 is 0 Å². The number of amides is 1. The van der Waals surface area contributed by atoms with Crippen LogP contribution in [-0.2, 0) is 17.8 Å². The van der Waals surface area contributed by atoms with Gasteiger partial charge in [0.1, 0.15) is 11.6 Å². The van der Waals surface area contributed by atoms with E-state index in [1.165, 1.54) is 0 Å². The number of piperazine rings is 1. The van der Waals surface area contributed by atoms with Gasteiger partial charge in [-0.05, 0) is 29.8 Å². The molecule has 6 nitrogen and oxygen atoms in total. The van der Waals surface area contributed by atoms with Gasteiger partial charge in [0.25, 0.3) is 0 Å². The van der Waals surface area contributed by atoms with Crippen molar-refractivity contribution in [3.05, 3.63) is 64.9 Å². The monoisotopic (exact) mass is 395 g/mol. The van der Waals surface area contributed by atoms with Crippen molar-refractivity contribution in [2.75, 3.05) is 31.9 Å². The molecule has 0 spiro atoms. The molecule has 1 amide bonds. The highest BCUT2D eigenvalue weighted by atomic mass is 35.5. The van der Waals surface area contributed by atoms with Gasteiger partial charge in [0, 0.05) is 36.6 Å². The summed E-state index contributed by atoms with van der Waals surface area (Å²) in [7, 11) is 0. The predicted octanol–water partition coefficient (Wildman–Crippen LogP) is 2.75. The Morgan fingerprint density at radius 3 is 2.46 bits per heavy atom. The maximum atomic E-state index is 12.5. The van der Waals surface area contributed by atoms with E-state index in [0.717, 1.165) is 35.4 Å². The molecule has 0 radical (unpaired) electrons. The van der Waals surface area contributed by atoms with E-state index in [-0.39, 0.29) is 5.91 Å². The van der Waals surface area contributed by atoms with Crippen LogP contribution in [0, 0.1) is 0 Å². The molecule has 2 aromatic carbocycles. The van der Waals surface area contributed by atoms with Crippen molar-refractivity contribution in [2.45, 2.75) is 13.0 Å². The second-order valence-electron chi connectivity index (χ2n) is 7.00. The molecule has 2 N–H and O–H groups in total. The number of nitrogens with zero attached hydrogens (tertiary/aromatic N) is 4. The minimum atomic E-state index is 0.146. The summed E-state index contributed by atoms with van der Waals surface area (Å²) in [5.74, 6) is 1.38. The van der Waals surface area contributed by atoms with Gasteiger partial charge in [0.2, 0.25) is 5.91 Å². The van der Waals surface area contributed by atoms with Gasteiger partial charge in [0.05, 0.1) is 18.5 Å². The number of para-hydroxylation sites is 1. The highest BCUT2D eigenvalue weighted by Crippen LogP contribution is 2.18. The Kier molecular flexibility index (Phi) is 5.41. The zero-order chi connectivity index (χ0) is 19.5. The van der Waals surface area contributed by atoms with Gasteiger partial charge < -0.3 is 10.6 Å². The van der Waals surface area contributed by atoms with Crippen LogP contribution in [0.3, 0.4) is 0 Å². The summed E-state index contributed by atoms with van der Waals surface area (Å²) in [4.78, 5) is 25.8. The number of aromatic nitrogens is 2. The average Bonchev–Trinajstić information content (AvgIpc) is 2.70. The molecule has 2 heterocycles. The van der Waals surface area contributed by atoms with E-state index in [1.807, 2.05) is 53.4 Å². The van der Waals surface area contributed by atoms with Crippen molar-refractivity contribution < 1.29 is 4.79 Å². The summed E-state index contributed by atoms with van der Waals surface area (Å²) in [6.07, 6.45) is 0.404. The largest absolute Gasteiger partial charge is 0.383 e. The van der Waals surface area contributed by atoms with Gasteiger partial charge in [-0.25, -0.2) is 9.97 Å². The number of rotatable bonds is 4. The SMILES string of the molecule is Nc1nc(CN2CCN(C(=O)Cc3ccc(Cl)cc3)CC2)nc2ccccc12. The Bertz CT molecular complexity index is 984. The Labute approximate surface area is 168 Å². The molecule has 144 valence electrons. The lowest BCUT2D eigenvalue weighted by atomic mass is 10.1. The highest BCUT2D eigenvalue weighted by Gasteiger charge is 2.22. The summed E-state index contributed by atoms with van der Waals surface area (Å²) in [5.41, 5.74) is 7.92. The number of nitrogens with two attached hydrogens (primary N) is 1. The molecular formula is C21H22ClN5O. The van der Waals surface area contributed by atoms with E-state index >= 15 is 0 Å². The Hall–Kier alpha value is -2.70. The van der Waals surface area contributed by atoms with E-state index in [2.05, 4.69) is 14.9 Å². The molecular weight excluding hydrogens is 374 g/mol. The summed E-state index contributed by atoms with van der Waals surface area (Å²) < 4.78 is 0. The van der Waals surface area contributed by atoms with Crippen molar-refractivity contribution in [3.63, 3.8) is 0 Å². The number of fused-ring (bicyclic) bond motifs is 1. The third-order valence-electron chi connectivity index (χ3n) is 5.04. The van der Waals surface area contributed by atoms with Crippen LogP contribution in [0.1, 0.15) is 11.4 Å². The second kappa shape index (κ2) is 8.12. The van der Waals surface area contributed by atoms with E-state index in [9.17, 15) is 4.79 Å². The maximum absolute atomic E-state index is 12.5. The first-order valence-corrected chi connectivity index (χ1v) is 9.72. The number of carbonyl (C=O) groups is 1. The molecule has 0 atom stereocenters. The molecule has 1 fully saturated rings. The van der Waals surface area contributed by atoms with E-state index in [0.29, 0.717) is 36.9 Å². The molecule has 1 aliphatic rings.